The van der Waals surface area contributed by atoms with Gasteiger partial charge in [0.15, 0.2) is 0 Å². The van der Waals surface area contributed by atoms with Gasteiger partial charge in [-0.1, -0.05) is 48.5 Å². The van der Waals surface area contributed by atoms with Gasteiger partial charge in [0.1, 0.15) is 11.6 Å². The summed E-state index contributed by atoms with van der Waals surface area (Å²) >= 11 is 0. The van der Waals surface area contributed by atoms with Crippen LogP contribution in [0.5, 0.6) is 11.6 Å². The molecule has 0 saturated carbocycles. The van der Waals surface area contributed by atoms with E-state index < -0.39 is 0 Å². The van der Waals surface area contributed by atoms with E-state index in [4.69, 9.17) is 4.74 Å². The van der Waals surface area contributed by atoms with E-state index in [1.165, 1.54) is 0 Å². The van der Waals surface area contributed by atoms with E-state index in [1.54, 1.807) is 6.20 Å². The molecule has 3 heterocycles. The molecular weight excluding hydrogens is 480 g/mol. The fourth-order valence-electron chi connectivity index (χ4n) is 5.05. The largest absolute Gasteiger partial charge is 0.439 e. The second kappa shape index (κ2) is 9.80. The number of benzene rings is 4. The van der Waals surface area contributed by atoms with Crippen molar-refractivity contribution in [2.45, 2.75) is 0 Å². The van der Waals surface area contributed by atoms with Crippen molar-refractivity contribution in [2.75, 3.05) is 4.90 Å². The van der Waals surface area contributed by atoms with Crippen molar-refractivity contribution < 1.29 is 4.74 Å². The molecule has 4 aromatic carbocycles. The number of anilines is 3. The maximum Gasteiger partial charge on any atom is 0.219 e. The zero-order valence-electron chi connectivity index (χ0n) is 21.1. The third kappa shape index (κ3) is 4.26. The zero-order chi connectivity index (χ0) is 26.0. The zero-order valence-corrected chi connectivity index (χ0v) is 21.1. The van der Waals surface area contributed by atoms with Crippen LogP contribution in [0.3, 0.4) is 0 Å². The monoisotopic (exact) mass is 504 g/mol. The Hall–Kier alpha value is -5.42. The number of nitrogens with zero attached hydrogens (tertiary/aromatic N) is 4. The Bertz CT molecular complexity index is 1830. The first kappa shape index (κ1) is 22.8. The minimum atomic E-state index is 0.565. The summed E-state index contributed by atoms with van der Waals surface area (Å²) in [5.41, 5.74) is 5.39. The molecule has 0 aliphatic heterocycles. The van der Waals surface area contributed by atoms with Gasteiger partial charge in [-0.15, -0.1) is 0 Å². The molecule has 0 N–H and O–H groups in total. The van der Waals surface area contributed by atoms with Crippen molar-refractivity contribution in [3.63, 3.8) is 0 Å². The minimum absolute atomic E-state index is 0.565. The van der Waals surface area contributed by atoms with Gasteiger partial charge >= 0.3 is 0 Å². The molecule has 0 spiro atoms. The molecule has 186 valence electrons. The molecule has 0 unspecified atom stereocenters. The quantitative estimate of drug-likeness (QED) is 0.227. The van der Waals surface area contributed by atoms with E-state index in [0.29, 0.717) is 5.88 Å². The third-order valence-corrected chi connectivity index (χ3v) is 6.75. The molecule has 0 saturated heterocycles. The van der Waals surface area contributed by atoms with Gasteiger partial charge in [0, 0.05) is 46.3 Å². The Kier molecular flexibility index (Phi) is 5.72. The molecular formula is C34H24N4O. The van der Waals surface area contributed by atoms with Crippen LogP contribution < -0.4 is 9.64 Å². The van der Waals surface area contributed by atoms with Crippen molar-refractivity contribution in [1.29, 1.82) is 0 Å². The number of ether oxygens (including phenoxy) is 1. The van der Waals surface area contributed by atoms with E-state index >= 15 is 0 Å². The molecule has 5 nitrogen and oxygen atoms in total. The van der Waals surface area contributed by atoms with E-state index in [-0.39, 0.29) is 0 Å². The van der Waals surface area contributed by atoms with Gasteiger partial charge in [-0.05, 0) is 78.9 Å². The predicted octanol–water partition coefficient (Wildman–Crippen LogP) is 8.84. The lowest BCUT2D eigenvalue weighted by Gasteiger charge is -2.24. The van der Waals surface area contributed by atoms with Gasteiger partial charge < -0.3 is 9.30 Å². The Balaban J connectivity index is 1.46. The Morgan fingerprint density at radius 2 is 1.21 bits per heavy atom. The molecule has 0 aliphatic rings. The molecule has 3 aromatic heterocycles. The number of hydrogen-bond donors (Lipinski definition) is 0. The molecule has 0 radical (unpaired) electrons. The second-order valence-electron chi connectivity index (χ2n) is 9.18. The highest BCUT2D eigenvalue weighted by Crippen LogP contribution is 2.40. The lowest BCUT2D eigenvalue weighted by molar-refractivity contribution is 0.463. The molecule has 5 heteroatoms. The average Bonchev–Trinajstić information content (AvgIpc) is 3.32. The molecule has 0 bridgehead atoms. The summed E-state index contributed by atoms with van der Waals surface area (Å²) in [6, 6.07) is 45.2. The number of aromatic nitrogens is 3. The Labute approximate surface area is 226 Å². The van der Waals surface area contributed by atoms with E-state index in [1.807, 2.05) is 72.9 Å². The van der Waals surface area contributed by atoms with E-state index in [0.717, 1.165) is 50.4 Å². The van der Waals surface area contributed by atoms with Gasteiger partial charge in [-0.25, -0.2) is 9.97 Å². The highest BCUT2D eigenvalue weighted by atomic mass is 16.5. The van der Waals surface area contributed by atoms with Gasteiger partial charge in [-0.2, -0.15) is 0 Å². The number of rotatable bonds is 6. The molecule has 0 fully saturated rings. The second-order valence-corrected chi connectivity index (χ2v) is 9.18. The summed E-state index contributed by atoms with van der Waals surface area (Å²) in [5, 5.41) is 2.22. The third-order valence-electron chi connectivity index (χ3n) is 6.75. The molecule has 0 atom stereocenters. The Morgan fingerprint density at radius 3 is 1.92 bits per heavy atom. The van der Waals surface area contributed by atoms with Gasteiger partial charge in [0.05, 0.1) is 11.0 Å². The maximum absolute atomic E-state index is 6.13. The molecule has 0 amide bonds. The fourth-order valence-corrected chi connectivity index (χ4v) is 5.05. The fraction of sp³-hybridized carbons (Fsp3) is 0. The number of pyridine rings is 2. The van der Waals surface area contributed by atoms with Crippen molar-refractivity contribution in [3.8, 4) is 17.3 Å². The SMILES string of the molecule is c1ccc(N(c2ccc3c(c2)c2cc(Oc4ccccn4)ccc2n3-c2ccccc2)c2ccccn2)cc1. The maximum atomic E-state index is 6.13. The Morgan fingerprint density at radius 1 is 0.538 bits per heavy atom. The number of para-hydroxylation sites is 2. The van der Waals surface area contributed by atoms with Crippen LogP contribution in [-0.2, 0) is 0 Å². The highest BCUT2D eigenvalue weighted by Gasteiger charge is 2.18. The highest BCUT2D eigenvalue weighted by molar-refractivity contribution is 6.11. The molecule has 0 aliphatic carbocycles. The lowest BCUT2D eigenvalue weighted by atomic mass is 10.1. The predicted molar refractivity (Wildman–Crippen MR) is 158 cm³/mol. The van der Waals surface area contributed by atoms with Crippen LogP contribution in [0.2, 0.25) is 0 Å². The summed E-state index contributed by atoms with van der Waals surface area (Å²) in [7, 11) is 0. The first-order valence-electron chi connectivity index (χ1n) is 12.8. The smallest absolute Gasteiger partial charge is 0.219 e. The summed E-state index contributed by atoms with van der Waals surface area (Å²) < 4.78 is 8.42. The van der Waals surface area contributed by atoms with Crippen molar-refractivity contribution in [3.05, 3.63) is 146 Å². The lowest BCUT2D eigenvalue weighted by Crippen LogP contribution is -2.11. The van der Waals surface area contributed by atoms with E-state index in [9.17, 15) is 0 Å². The van der Waals surface area contributed by atoms with E-state index in [2.05, 4.69) is 86.2 Å². The van der Waals surface area contributed by atoms with Crippen LogP contribution in [0.15, 0.2) is 146 Å². The van der Waals surface area contributed by atoms with Crippen molar-refractivity contribution >= 4 is 39.0 Å². The first-order chi connectivity index (χ1) is 19.3. The van der Waals surface area contributed by atoms with Crippen molar-refractivity contribution in [1.82, 2.24) is 14.5 Å². The minimum Gasteiger partial charge on any atom is -0.439 e. The summed E-state index contributed by atoms with van der Waals surface area (Å²) in [6.45, 7) is 0. The summed E-state index contributed by atoms with van der Waals surface area (Å²) in [5.74, 6) is 2.16. The van der Waals surface area contributed by atoms with Crippen LogP contribution >= 0.6 is 0 Å². The van der Waals surface area contributed by atoms with Crippen LogP contribution in [-0.4, -0.2) is 14.5 Å². The summed E-state index contributed by atoms with van der Waals surface area (Å²) in [4.78, 5) is 11.2. The average molecular weight is 505 g/mol. The summed E-state index contributed by atoms with van der Waals surface area (Å²) in [6.07, 6.45) is 3.56. The molecule has 7 rings (SSSR count). The number of hydrogen-bond acceptors (Lipinski definition) is 4. The van der Waals surface area contributed by atoms with Gasteiger partial charge in [0.2, 0.25) is 5.88 Å². The molecule has 7 aromatic rings. The van der Waals surface area contributed by atoms with Crippen molar-refractivity contribution in [2.24, 2.45) is 0 Å². The normalized spacial score (nSPS) is 11.1. The standard InChI is InChI=1S/C34H24N4O/c1-3-11-25(12-4-1)37(33-15-7-9-21-35-33)27-17-19-31-29(23-27)30-24-28(39-34-16-8-10-22-36-34)18-20-32(30)38(31)26-13-5-2-6-14-26/h1-24H. The van der Waals surface area contributed by atoms with Crippen LogP contribution in [0, 0.1) is 0 Å². The van der Waals surface area contributed by atoms with Crippen LogP contribution in [0.4, 0.5) is 17.2 Å². The number of fused-ring (bicyclic) bond motifs is 3. The van der Waals surface area contributed by atoms with Gasteiger partial charge in [0.25, 0.3) is 0 Å². The van der Waals surface area contributed by atoms with Gasteiger partial charge in [-0.3, -0.25) is 4.90 Å². The topological polar surface area (TPSA) is 43.2 Å². The molecule has 39 heavy (non-hydrogen) atoms. The van der Waals surface area contributed by atoms with Crippen LogP contribution in [0.25, 0.3) is 27.5 Å². The van der Waals surface area contributed by atoms with Crippen LogP contribution in [0.1, 0.15) is 0 Å². The first-order valence-corrected chi connectivity index (χ1v) is 12.8.